The Morgan fingerprint density at radius 1 is 1.47 bits per heavy atom. The highest BCUT2D eigenvalue weighted by Gasteiger charge is 2.17. The molecule has 1 heterocycles. The average molecular weight is 237 g/mol. The van der Waals surface area contributed by atoms with E-state index in [1.807, 2.05) is 6.92 Å². The zero-order valence-corrected chi connectivity index (χ0v) is 10.7. The van der Waals surface area contributed by atoms with Crippen molar-refractivity contribution in [1.29, 1.82) is 0 Å². The molecule has 0 radical (unpaired) electrons. The van der Waals surface area contributed by atoms with Gasteiger partial charge in [-0.2, -0.15) is 10.2 Å². The van der Waals surface area contributed by atoms with Gasteiger partial charge < -0.3 is 10.4 Å². The zero-order valence-electron chi connectivity index (χ0n) is 10.7. The molecule has 0 saturated heterocycles. The van der Waals surface area contributed by atoms with Crippen molar-refractivity contribution in [1.82, 2.24) is 15.5 Å². The summed E-state index contributed by atoms with van der Waals surface area (Å²) >= 11 is 0. The molecule has 2 N–H and O–H groups in total. The molecule has 17 heavy (non-hydrogen) atoms. The fraction of sp³-hybridized carbons (Fsp3) is 0.583. The standard InChI is InChI=1S/C12H19N3O2/c1-5-10-9(6-8(2)14-15-10)11(16)13-7-12(3,4)17/h6,17H,5,7H2,1-4H3,(H,13,16). The van der Waals surface area contributed by atoms with Crippen LogP contribution < -0.4 is 5.32 Å². The molecule has 0 unspecified atom stereocenters. The van der Waals surface area contributed by atoms with Crippen molar-refractivity contribution in [2.45, 2.75) is 39.7 Å². The van der Waals surface area contributed by atoms with Crippen molar-refractivity contribution in [3.8, 4) is 0 Å². The van der Waals surface area contributed by atoms with Crippen LogP contribution in [0.4, 0.5) is 0 Å². The van der Waals surface area contributed by atoms with E-state index in [4.69, 9.17) is 0 Å². The fourth-order valence-electron chi connectivity index (χ4n) is 1.36. The first kappa shape index (κ1) is 13.6. The van der Waals surface area contributed by atoms with Gasteiger partial charge in [-0.1, -0.05) is 6.92 Å². The zero-order chi connectivity index (χ0) is 13.1. The Morgan fingerprint density at radius 3 is 2.65 bits per heavy atom. The van der Waals surface area contributed by atoms with E-state index in [0.717, 1.165) is 0 Å². The Labute approximate surface area is 101 Å². The number of amides is 1. The summed E-state index contributed by atoms with van der Waals surface area (Å²) in [6.45, 7) is 7.20. The van der Waals surface area contributed by atoms with Gasteiger partial charge in [0.25, 0.3) is 5.91 Å². The van der Waals surface area contributed by atoms with Gasteiger partial charge >= 0.3 is 0 Å². The molecular weight excluding hydrogens is 218 g/mol. The van der Waals surface area contributed by atoms with Crippen LogP contribution in [0, 0.1) is 6.92 Å². The number of carbonyl (C=O) groups excluding carboxylic acids is 1. The number of nitrogens with zero attached hydrogens (tertiary/aromatic N) is 2. The minimum atomic E-state index is -0.919. The van der Waals surface area contributed by atoms with Crippen molar-refractivity contribution in [3.63, 3.8) is 0 Å². The van der Waals surface area contributed by atoms with Crippen LogP contribution in [0.15, 0.2) is 6.07 Å². The maximum atomic E-state index is 11.9. The first-order valence-electron chi connectivity index (χ1n) is 5.67. The van der Waals surface area contributed by atoms with Crippen molar-refractivity contribution >= 4 is 5.91 Å². The van der Waals surface area contributed by atoms with E-state index in [0.29, 0.717) is 23.4 Å². The summed E-state index contributed by atoms with van der Waals surface area (Å²) in [6.07, 6.45) is 0.651. The quantitative estimate of drug-likeness (QED) is 0.814. The summed E-state index contributed by atoms with van der Waals surface area (Å²) in [7, 11) is 0. The van der Waals surface area contributed by atoms with E-state index in [2.05, 4.69) is 15.5 Å². The monoisotopic (exact) mass is 237 g/mol. The molecule has 1 rings (SSSR count). The van der Waals surface area contributed by atoms with Gasteiger partial charge in [-0.15, -0.1) is 0 Å². The molecule has 1 amide bonds. The Hall–Kier alpha value is -1.49. The van der Waals surface area contributed by atoms with E-state index in [1.54, 1.807) is 26.8 Å². The molecule has 0 fully saturated rings. The van der Waals surface area contributed by atoms with Crippen molar-refractivity contribution in [2.24, 2.45) is 0 Å². The number of aliphatic hydroxyl groups is 1. The lowest BCUT2D eigenvalue weighted by molar-refractivity contribution is 0.0693. The lowest BCUT2D eigenvalue weighted by Crippen LogP contribution is -2.38. The molecule has 1 aromatic rings. The van der Waals surface area contributed by atoms with Crippen LogP contribution in [-0.2, 0) is 6.42 Å². The predicted molar refractivity (Wildman–Crippen MR) is 64.8 cm³/mol. The second-order valence-corrected chi connectivity index (χ2v) is 4.69. The van der Waals surface area contributed by atoms with E-state index >= 15 is 0 Å². The van der Waals surface area contributed by atoms with Crippen molar-refractivity contribution in [3.05, 3.63) is 23.0 Å². The van der Waals surface area contributed by atoms with Crippen LogP contribution in [0.2, 0.25) is 0 Å². The van der Waals surface area contributed by atoms with Crippen LogP contribution >= 0.6 is 0 Å². The molecule has 0 bridgehead atoms. The molecular formula is C12H19N3O2. The van der Waals surface area contributed by atoms with Gasteiger partial charge in [-0.3, -0.25) is 4.79 Å². The fourth-order valence-corrected chi connectivity index (χ4v) is 1.36. The summed E-state index contributed by atoms with van der Waals surface area (Å²) in [5.41, 5.74) is 0.987. The molecule has 1 aromatic heterocycles. The summed E-state index contributed by atoms with van der Waals surface area (Å²) in [5.74, 6) is -0.220. The minimum Gasteiger partial charge on any atom is -0.389 e. The molecule has 0 aliphatic rings. The molecule has 5 heteroatoms. The van der Waals surface area contributed by atoms with Crippen LogP contribution in [0.5, 0.6) is 0 Å². The highest BCUT2D eigenvalue weighted by Crippen LogP contribution is 2.08. The molecule has 0 atom stereocenters. The molecule has 94 valence electrons. The Kier molecular flexibility index (Phi) is 4.17. The topological polar surface area (TPSA) is 75.1 Å². The summed E-state index contributed by atoms with van der Waals surface area (Å²) < 4.78 is 0. The van der Waals surface area contributed by atoms with Crippen LogP contribution in [0.3, 0.4) is 0 Å². The number of aryl methyl sites for hydroxylation is 2. The summed E-state index contributed by atoms with van der Waals surface area (Å²) in [6, 6.07) is 1.71. The van der Waals surface area contributed by atoms with Gasteiger partial charge in [-0.05, 0) is 33.3 Å². The third-order valence-electron chi connectivity index (χ3n) is 2.25. The Morgan fingerprint density at radius 2 is 2.12 bits per heavy atom. The SMILES string of the molecule is CCc1nnc(C)cc1C(=O)NCC(C)(C)O. The third-order valence-corrected chi connectivity index (χ3v) is 2.25. The number of nitrogens with one attached hydrogen (secondary N) is 1. The molecule has 0 saturated carbocycles. The van der Waals surface area contributed by atoms with Gasteiger partial charge in [0.2, 0.25) is 0 Å². The van der Waals surface area contributed by atoms with Gasteiger partial charge in [0, 0.05) is 6.54 Å². The van der Waals surface area contributed by atoms with E-state index in [1.165, 1.54) is 0 Å². The second-order valence-electron chi connectivity index (χ2n) is 4.69. The molecule has 5 nitrogen and oxygen atoms in total. The first-order chi connectivity index (χ1) is 7.83. The average Bonchev–Trinajstić information content (AvgIpc) is 2.25. The largest absolute Gasteiger partial charge is 0.389 e. The second kappa shape index (κ2) is 5.23. The summed E-state index contributed by atoms with van der Waals surface area (Å²) in [4.78, 5) is 11.9. The van der Waals surface area contributed by atoms with Gasteiger partial charge in [0.05, 0.1) is 22.6 Å². The number of hydrogen-bond acceptors (Lipinski definition) is 4. The third kappa shape index (κ3) is 4.11. The van der Waals surface area contributed by atoms with Crippen molar-refractivity contribution < 1.29 is 9.90 Å². The number of aromatic nitrogens is 2. The minimum absolute atomic E-state index is 0.205. The highest BCUT2D eigenvalue weighted by molar-refractivity contribution is 5.95. The van der Waals surface area contributed by atoms with Crippen LogP contribution in [-0.4, -0.2) is 33.4 Å². The Balaban J connectivity index is 2.84. The van der Waals surface area contributed by atoms with Crippen molar-refractivity contribution in [2.75, 3.05) is 6.54 Å². The Bertz CT molecular complexity index is 411. The summed E-state index contributed by atoms with van der Waals surface area (Å²) in [5, 5.41) is 20.1. The van der Waals surface area contributed by atoms with Gasteiger partial charge in [0.15, 0.2) is 0 Å². The number of rotatable bonds is 4. The normalized spacial score (nSPS) is 11.4. The van der Waals surface area contributed by atoms with Crippen LogP contribution in [0.1, 0.15) is 42.5 Å². The predicted octanol–water partition coefficient (Wildman–Crippen LogP) is 0.848. The van der Waals surface area contributed by atoms with Gasteiger partial charge in [-0.25, -0.2) is 0 Å². The molecule has 0 aromatic carbocycles. The maximum absolute atomic E-state index is 11.9. The van der Waals surface area contributed by atoms with Gasteiger partial charge in [0.1, 0.15) is 0 Å². The van der Waals surface area contributed by atoms with E-state index < -0.39 is 5.60 Å². The molecule has 0 aliphatic heterocycles. The van der Waals surface area contributed by atoms with Crippen LogP contribution in [0.25, 0.3) is 0 Å². The molecule has 0 aliphatic carbocycles. The molecule has 0 spiro atoms. The number of hydrogen-bond donors (Lipinski definition) is 2. The van der Waals surface area contributed by atoms with E-state index in [-0.39, 0.29) is 12.5 Å². The smallest absolute Gasteiger partial charge is 0.253 e. The number of carbonyl (C=O) groups is 1. The lowest BCUT2D eigenvalue weighted by atomic mass is 10.1. The highest BCUT2D eigenvalue weighted by atomic mass is 16.3. The maximum Gasteiger partial charge on any atom is 0.253 e. The lowest BCUT2D eigenvalue weighted by Gasteiger charge is -2.18. The first-order valence-corrected chi connectivity index (χ1v) is 5.67. The van der Waals surface area contributed by atoms with E-state index in [9.17, 15) is 9.90 Å².